The van der Waals surface area contributed by atoms with Crippen molar-refractivity contribution in [2.45, 2.75) is 20.3 Å². The minimum Gasteiger partial charge on any atom is -0.465 e. The van der Waals surface area contributed by atoms with Crippen LogP contribution in [0.2, 0.25) is 0 Å². The molecule has 0 fully saturated rings. The molecule has 2 amide bonds. The number of methoxy groups -OCH3 is 1. The van der Waals surface area contributed by atoms with Gasteiger partial charge in [0.15, 0.2) is 0 Å². The smallest absolute Gasteiger partial charge is 0.339 e. The van der Waals surface area contributed by atoms with E-state index in [1.807, 2.05) is 19.9 Å². The van der Waals surface area contributed by atoms with Crippen molar-refractivity contribution < 1.29 is 14.3 Å². The molecule has 1 aromatic carbocycles. The third-order valence-corrected chi connectivity index (χ3v) is 2.48. The van der Waals surface area contributed by atoms with E-state index in [0.29, 0.717) is 17.8 Å². The molecule has 0 spiro atoms. The molecule has 5 nitrogen and oxygen atoms in total. The fraction of sp³-hybridized carbons (Fsp3) is 0.385. The van der Waals surface area contributed by atoms with E-state index in [1.54, 1.807) is 12.1 Å². The number of aryl methyl sites for hydroxylation is 1. The molecule has 0 aromatic heterocycles. The van der Waals surface area contributed by atoms with Crippen molar-refractivity contribution in [1.82, 2.24) is 5.32 Å². The molecule has 0 aliphatic rings. The predicted octanol–water partition coefficient (Wildman–Crippen LogP) is 2.18. The Labute approximate surface area is 107 Å². The van der Waals surface area contributed by atoms with Crippen molar-refractivity contribution in [3.63, 3.8) is 0 Å². The van der Waals surface area contributed by atoms with Gasteiger partial charge in [0.1, 0.15) is 0 Å². The second-order valence-electron chi connectivity index (χ2n) is 3.71. The van der Waals surface area contributed by atoms with Gasteiger partial charge in [0.05, 0.1) is 18.4 Å². The highest BCUT2D eigenvalue weighted by atomic mass is 16.5. The quantitative estimate of drug-likeness (QED) is 0.805. The molecule has 98 valence electrons. The number of carbonyl (C=O) groups is 2. The van der Waals surface area contributed by atoms with Crippen molar-refractivity contribution in [3.8, 4) is 0 Å². The van der Waals surface area contributed by atoms with Crippen LogP contribution in [0.4, 0.5) is 10.5 Å². The second kappa shape index (κ2) is 6.64. The Morgan fingerprint density at radius 1 is 1.28 bits per heavy atom. The van der Waals surface area contributed by atoms with E-state index in [-0.39, 0.29) is 6.03 Å². The normalized spacial score (nSPS) is 9.72. The Hall–Kier alpha value is -2.04. The number of esters is 1. The zero-order valence-corrected chi connectivity index (χ0v) is 10.9. The summed E-state index contributed by atoms with van der Waals surface area (Å²) in [5.74, 6) is -0.461. The molecule has 2 N–H and O–H groups in total. The van der Waals surface area contributed by atoms with E-state index in [2.05, 4.69) is 10.6 Å². The van der Waals surface area contributed by atoms with Crippen LogP contribution in [-0.2, 0) is 11.2 Å². The van der Waals surface area contributed by atoms with Gasteiger partial charge in [-0.1, -0.05) is 13.0 Å². The van der Waals surface area contributed by atoms with Crippen molar-refractivity contribution in [2.75, 3.05) is 19.0 Å². The summed E-state index contributed by atoms with van der Waals surface area (Å²) in [6.45, 7) is 4.33. The topological polar surface area (TPSA) is 67.4 Å². The van der Waals surface area contributed by atoms with Crippen molar-refractivity contribution in [3.05, 3.63) is 29.3 Å². The predicted molar refractivity (Wildman–Crippen MR) is 69.9 cm³/mol. The summed E-state index contributed by atoms with van der Waals surface area (Å²) in [7, 11) is 1.32. The summed E-state index contributed by atoms with van der Waals surface area (Å²) in [5.41, 5.74) is 1.82. The van der Waals surface area contributed by atoms with Gasteiger partial charge in [0.2, 0.25) is 0 Å². The highest BCUT2D eigenvalue weighted by molar-refractivity contribution is 6.00. The van der Waals surface area contributed by atoms with E-state index in [9.17, 15) is 9.59 Å². The van der Waals surface area contributed by atoms with Crippen LogP contribution >= 0.6 is 0 Å². The lowest BCUT2D eigenvalue weighted by Gasteiger charge is -2.11. The lowest BCUT2D eigenvalue weighted by atomic mass is 10.1. The average molecular weight is 250 g/mol. The molecule has 5 heteroatoms. The van der Waals surface area contributed by atoms with Gasteiger partial charge in [-0.2, -0.15) is 0 Å². The fourth-order valence-corrected chi connectivity index (χ4v) is 1.53. The monoisotopic (exact) mass is 250 g/mol. The van der Waals surface area contributed by atoms with Gasteiger partial charge in [-0.15, -0.1) is 0 Å². The fourth-order valence-electron chi connectivity index (χ4n) is 1.53. The number of hydrogen-bond acceptors (Lipinski definition) is 3. The Morgan fingerprint density at radius 2 is 2.00 bits per heavy atom. The number of urea groups is 1. The number of amides is 2. The molecule has 18 heavy (non-hydrogen) atoms. The summed E-state index contributed by atoms with van der Waals surface area (Å²) in [4.78, 5) is 23.1. The molecule has 0 heterocycles. The molecule has 0 radical (unpaired) electrons. The van der Waals surface area contributed by atoms with E-state index in [1.165, 1.54) is 7.11 Å². The van der Waals surface area contributed by atoms with Crippen LogP contribution < -0.4 is 10.6 Å². The number of rotatable bonds is 4. The summed E-state index contributed by atoms with van der Waals surface area (Å²) in [6.07, 6.45) is 0.811. The minimum atomic E-state index is -0.461. The molecule has 1 rings (SSSR count). The van der Waals surface area contributed by atoms with Gasteiger partial charge in [-0.25, -0.2) is 9.59 Å². The minimum absolute atomic E-state index is 0.341. The Bertz CT molecular complexity index is 444. The van der Waals surface area contributed by atoms with Gasteiger partial charge in [-0.05, 0) is 31.0 Å². The highest BCUT2D eigenvalue weighted by Crippen LogP contribution is 2.19. The standard InChI is InChI=1S/C13H18N2O3/c1-4-9-6-7-11(15-13(17)14-5-2)10(8-9)12(16)18-3/h6-8H,4-5H2,1-3H3,(H2,14,15,17). The number of benzene rings is 1. The average Bonchev–Trinajstić information content (AvgIpc) is 2.38. The number of carbonyl (C=O) groups excluding carboxylic acids is 2. The highest BCUT2D eigenvalue weighted by Gasteiger charge is 2.14. The first kappa shape index (κ1) is 14.0. The van der Waals surface area contributed by atoms with Crippen molar-refractivity contribution in [2.24, 2.45) is 0 Å². The second-order valence-corrected chi connectivity index (χ2v) is 3.71. The molecule has 0 aliphatic heterocycles. The van der Waals surface area contributed by atoms with Gasteiger partial charge in [0.25, 0.3) is 0 Å². The molecule has 0 atom stereocenters. The lowest BCUT2D eigenvalue weighted by Crippen LogP contribution is -2.29. The van der Waals surface area contributed by atoms with Gasteiger partial charge in [-0.3, -0.25) is 0 Å². The van der Waals surface area contributed by atoms with Crippen LogP contribution in [0.1, 0.15) is 29.8 Å². The number of ether oxygens (including phenoxy) is 1. The van der Waals surface area contributed by atoms with Crippen LogP contribution in [0.3, 0.4) is 0 Å². The first-order valence-electron chi connectivity index (χ1n) is 5.88. The first-order valence-corrected chi connectivity index (χ1v) is 5.88. The SMILES string of the molecule is CCNC(=O)Nc1ccc(CC)cc1C(=O)OC. The molecule has 0 aliphatic carbocycles. The maximum Gasteiger partial charge on any atom is 0.339 e. The van der Waals surface area contributed by atoms with Crippen LogP contribution in [0.15, 0.2) is 18.2 Å². The van der Waals surface area contributed by atoms with Crippen LogP contribution in [-0.4, -0.2) is 25.7 Å². The zero-order valence-electron chi connectivity index (χ0n) is 10.9. The van der Waals surface area contributed by atoms with E-state index in [0.717, 1.165) is 12.0 Å². The van der Waals surface area contributed by atoms with Gasteiger partial charge >= 0.3 is 12.0 Å². The molecule has 0 saturated heterocycles. The van der Waals surface area contributed by atoms with Crippen molar-refractivity contribution >= 4 is 17.7 Å². The molecule has 0 bridgehead atoms. The summed E-state index contributed by atoms with van der Waals surface area (Å²) in [6, 6.07) is 4.97. The number of anilines is 1. The van der Waals surface area contributed by atoms with E-state index < -0.39 is 5.97 Å². The van der Waals surface area contributed by atoms with Crippen LogP contribution in [0.5, 0.6) is 0 Å². The zero-order chi connectivity index (χ0) is 13.5. The maximum atomic E-state index is 11.6. The molecular weight excluding hydrogens is 232 g/mol. The first-order chi connectivity index (χ1) is 8.62. The van der Waals surface area contributed by atoms with E-state index >= 15 is 0 Å². The Balaban J connectivity index is 3.02. The van der Waals surface area contributed by atoms with Crippen molar-refractivity contribution in [1.29, 1.82) is 0 Å². The molecular formula is C13H18N2O3. The largest absolute Gasteiger partial charge is 0.465 e. The van der Waals surface area contributed by atoms with E-state index in [4.69, 9.17) is 4.74 Å². The molecule has 0 saturated carbocycles. The lowest BCUT2D eigenvalue weighted by molar-refractivity contribution is 0.0602. The summed E-state index contributed by atoms with van der Waals surface area (Å²) in [5, 5.41) is 5.23. The van der Waals surface area contributed by atoms with Crippen LogP contribution in [0, 0.1) is 0 Å². The maximum absolute atomic E-state index is 11.6. The van der Waals surface area contributed by atoms with Crippen LogP contribution in [0.25, 0.3) is 0 Å². The third kappa shape index (κ3) is 3.48. The van der Waals surface area contributed by atoms with Gasteiger partial charge < -0.3 is 15.4 Å². The van der Waals surface area contributed by atoms with Gasteiger partial charge in [0, 0.05) is 6.54 Å². The molecule has 0 unspecified atom stereocenters. The Morgan fingerprint density at radius 3 is 2.56 bits per heavy atom. The Kier molecular flexibility index (Phi) is 5.17. The number of nitrogens with one attached hydrogen (secondary N) is 2. The number of hydrogen-bond donors (Lipinski definition) is 2. The third-order valence-electron chi connectivity index (χ3n) is 2.48. The summed E-state index contributed by atoms with van der Waals surface area (Å²) < 4.78 is 4.71. The molecule has 1 aromatic rings. The summed E-state index contributed by atoms with van der Waals surface area (Å²) >= 11 is 0.